The van der Waals surface area contributed by atoms with Crippen LogP contribution in [0.2, 0.25) is 0 Å². The van der Waals surface area contributed by atoms with Gasteiger partial charge in [0.05, 0.1) is 0 Å². The minimum absolute atomic E-state index is 0. The third-order valence-electron chi connectivity index (χ3n) is 3.14. The van der Waals surface area contributed by atoms with Gasteiger partial charge in [-0.2, -0.15) is 0 Å². The van der Waals surface area contributed by atoms with Gasteiger partial charge in [-0.1, -0.05) is 13.3 Å². The molecule has 0 unspecified atom stereocenters. The SMILES string of the molecule is CCCCN(C)C(=NC)NCc1ccnc(N(C)C)c1.I. The summed E-state index contributed by atoms with van der Waals surface area (Å²) in [5.41, 5.74) is 1.20. The minimum Gasteiger partial charge on any atom is -0.363 e. The molecule has 21 heavy (non-hydrogen) atoms. The summed E-state index contributed by atoms with van der Waals surface area (Å²) in [6.45, 7) is 3.98. The zero-order valence-corrected chi connectivity index (χ0v) is 16.1. The maximum atomic E-state index is 4.32. The van der Waals surface area contributed by atoms with E-state index < -0.39 is 0 Å². The number of aliphatic imine (C=N–C) groups is 1. The highest BCUT2D eigenvalue weighted by molar-refractivity contribution is 14.0. The van der Waals surface area contributed by atoms with Crippen molar-refractivity contribution in [1.82, 2.24) is 15.2 Å². The van der Waals surface area contributed by atoms with Crippen LogP contribution >= 0.6 is 24.0 Å². The summed E-state index contributed by atoms with van der Waals surface area (Å²) in [5.74, 6) is 1.90. The number of guanidine groups is 1. The van der Waals surface area contributed by atoms with E-state index in [1.54, 1.807) is 0 Å². The van der Waals surface area contributed by atoms with Crippen LogP contribution in [0.1, 0.15) is 25.3 Å². The molecule has 0 saturated carbocycles. The van der Waals surface area contributed by atoms with Crippen LogP contribution in [-0.2, 0) is 6.54 Å². The van der Waals surface area contributed by atoms with Crippen LogP contribution in [0.15, 0.2) is 23.3 Å². The predicted molar refractivity (Wildman–Crippen MR) is 102 cm³/mol. The summed E-state index contributed by atoms with van der Waals surface area (Å²) in [4.78, 5) is 12.8. The Morgan fingerprint density at radius 3 is 2.62 bits per heavy atom. The fourth-order valence-corrected chi connectivity index (χ4v) is 1.88. The Kier molecular flexibility index (Phi) is 10.1. The van der Waals surface area contributed by atoms with Crippen molar-refractivity contribution in [2.75, 3.05) is 39.6 Å². The summed E-state index contributed by atoms with van der Waals surface area (Å²) >= 11 is 0. The Labute approximate surface area is 145 Å². The van der Waals surface area contributed by atoms with E-state index in [0.29, 0.717) is 0 Å². The molecular formula is C15H28IN5. The van der Waals surface area contributed by atoms with Gasteiger partial charge in [0, 0.05) is 47.5 Å². The van der Waals surface area contributed by atoms with E-state index >= 15 is 0 Å². The summed E-state index contributed by atoms with van der Waals surface area (Å²) in [6, 6.07) is 4.12. The Morgan fingerprint density at radius 2 is 2.05 bits per heavy atom. The van der Waals surface area contributed by atoms with E-state index in [4.69, 9.17) is 0 Å². The first kappa shape index (κ1) is 19.9. The van der Waals surface area contributed by atoms with Gasteiger partial charge in [-0.3, -0.25) is 4.99 Å². The smallest absolute Gasteiger partial charge is 0.193 e. The number of rotatable bonds is 6. The monoisotopic (exact) mass is 405 g/mol. The number of hydrogen-bond donors (Lipinski definition) is 1. The first-order valence-electron chi connectivity index (χ1n) is 7.12. The van der Waals surface area contributed by atoms with Gasteiger partial charge in [-0.15, -0.1) is 24.0 Å². The number of unbranched alkanes of at least 4 members (excludes halogenated alkanes) is 1. The van der Waals surface area contributed by atoms with Gasteiger partial charge in [-0.25, -0.2) is 4.98 Å². The first-order valence-corrected chi connectivity index (χ1v) is 7.12. The predicted octanol–water partition coefficient (Wildman–Crippen LogP) is 2.57. The van der Waals surface area contributed by atoms with Crippen molar-refractivity contribution in [1.29, 1.82) is 0 Å². The van der Waals surface area contributed by atoms with E-state index in [2.05, 4.69) is 40.2 Å². The molecule has 0 aliphatic rings. The highest BCUT2D eigenvalue weighted by Gasteiger charge is 2.05. The van der Waals surface area contributed by atoms with E-state index in [0.717, 1.165) is 24.9 Å². The summed E-state index contributed by atoms with van der Waals surface area (Å²) in [7, 11) is 7.89. The summed E-state index contributed by atoms with van der Waals surface area (Å²) in [5, 5.41) is 3.39. The Hall–Kier alpha value is -1.05. The maximum Gasteiger partial charge on any atom is 0.193 e. The molecule has 120 valence electrons. The van der Waals surface area contributed by atoms with Crippen molar-refractivity contribution in [3.63, 3.8) is 0 Å². The lowest BCUT2D eigenvalue weighted by Gasteiger charge is -2.22. The van der Waals surface area contributed by atoms with Crippen molar-refractivity contribution in [2.24, 2.45) is 4.99 Å². The molecule has 0 fully saturated rings. The maximum absolute atomic E-state index is 4.32. The van der Waals surface area contributed by atoms with Crippen LogP contribution < -0.4 is 10.2 Å². The topological polar surface area (TPSA) is 43.8 Å². The van der Waals surface area contributed by atoms with E-state index in [1.807, 2.05) is 38.3 Å². The molecule has 0 amide bonds. The van der Waals surface area contributed by atoms with Crippen LogP contribution in [0.25, 0.3) is 0 Å². The van der Waals surface area contributed by atoms with Crippen molar-refractivity contribution < 1.29 is 0 Å². The molecule has 0 atom stereocenters. The van der Waals surface area contributed by atoms with Crippen LogP contribution in [-0.4, -0.2) is 50.6 Å². The molecule has 0 saturated heterocycles. The standard InChI is InChI=1S/C15H27N5.HI/c1-6-7-10-20(5)15(16-2)18-12-13-8-9-17-14(11-13)19(3)4;/h8-9,11H,6-7,10,12H2,1-5H3,(H,16,18);1H. The van der Waals surface area contributed by atoms with Crippen molar-refractivity contribution in [3.05, 3.63) is 23.9 Å². The number of anilines is 1. The second kappa shape index (κ2) is 10.6. The molecule has 0 radical (unpaired) electrons. The largest absolute Gasteiger partial charge is 0.363 e. The van der Waals surface area contributed by atoms with Gasteiger partial charge < -0.3 is 15.1 Å². The number of halogens is 1. The molecule has 1 N–H and O–H groups in total. The Bertz CT molecular complexity index is 434. The minimum atomic E-state index is 0. The quantitative estimate of drug-likeness (QED) is 0.449. The first-order chi connectivity index (χ1) is 9.58. The van der Waals surface area contributed by atoms with E-state index in [1.165, 1.54) is 18.4 Å². The van der Waals surface area contributed by atoms with Gasteiger partial charge in [-0.05, 0) is 24.1 Å². The highest BCUT2D eigenvalue weighted by Crippen LogP contribution is 2.09. The third kappa shape index (κ3) is 6.97. The number of aromatic nitrogens is 1. The van der Waals surface area contributed by atoms with Crippen molar-refractivity contribution >= 4 is 35.8 Å². The average molecular weight is 405 g/mol. The normalized spacial score (nSPS) is 10.8. The average Bonchev–Trinajstić information content (AvgIpc) is 2.46. The van der Waals surface area contributed by atoms with Crippen LogP contribution in [0, 0.1) is 0 Å². The molecule has 0 aliphatic heterocycles. The fraction of sp³-hybridized carbons (Fsp3) is 0.600. The van der Waals surface area contributed by atoms with E-state index in [-0.39, 0.29) is 24.0 Å². The molecule has 1 heterocycles. The molecule has 1 rings (SSSR count). The number of nitrogens with zero attached hydrogens (tertiary/aromatic N) is 4. The molecule has 0 aliphatic carbocycles. The van der Waals surface area contributed by atoms with Gasteiger partial charge in [0.25, 0.3) is 0 Å². The second-order valence-corrected chi connectivity index (χ2v) is 5.09. The van der Waals surface area contributed by atoms with E-state index in [9.17, 15) is 0 Å². The molecule has 5 nitrogen and oxygen atoms in total. The van der Waals surface area contributed by atoms with Crippen molar-refractivity contribution in [3.8, 4) is 0 Å². The third-order valence-corrected chi connectivity index (χ3v) is 3.14. The lowest BCUT2D eigenvalue weighted by molar-refractivity contribution is 0.464. The van der Waals surface area contributed by atoms with Gasteiger partial charge >= 0.3 is 0 Å². The fourth-order valence-electron chi connectivity index (χ4n) is 1.88. The molecule has 0 aromatic carbocycles. The van der Waals surface area contributed by atoms with Crippen molar-refractivity contribution in [2.45, 2.75) is 26.3 Å². The van der Waals surface area contributed by atoms with Crippen LogP contribution in [0.3, 0.4) is 0 Å². The Balaban J connectivity index is 0.00000400. The molecule has 0 bridgehead atoms. The second-order valence-electron chi connectivity index (χ2n) is 5.09. The highest BCUT2D eigenvalue weighted by atomic mass is 127. The number of pyridine rings is 1. The summed E-state index contributed by atoms with van der Waals surface area (Å²) < 4.78 is 0. The lowest BCUT2D eigenvalue weighted by atomic mass is 10.2. The molecule has 6 heteroatoms. The van der Waals surface area contributed by atoms with Crippen LogP contribution in [0.4, 0.5) is 5.82 Å². The number of hydrogen-bond acceptors (Lipinski definition) is 3. The molecule has 1 aromatic rings. The zero-order valence-electron chi connectivity index (χ0n) is 13.8. The number of nitrogens with one attached hydrogen (secondary N) is 1. The zero-order chi connectivity index (χ0) is 15.0. The van der Waals surface area contributed by atoms with Crippen LogP contribution in [0.5, 0.6) is 0 Å². The van der Waals surface area contributed by atoms with Gasteiger partial charge in [0.1, 0.15) is 5.82 Å². The van der Waals surface area contributed by atoms with Gasteiger partial charge in [0.2, 0.25) is 0 Å². The van der Waals surface area contributed by atoms with Gasteiger partial charge in [0.15, 0.2) is 5.96 Å². The molecule has 1 aromatic heterocycles. The molecular weight excluding hydrogens is 377 g/mol. The Morgan fingerprint density at radius 1 is 1.33 bits per heavy atom. The lowest BCUT2D eigenvalue weighted by Crippen LogP contribution is -2.39. The molecule has 0 spiro atoms. The summed E-state index contributed by atoms with van der Waals surface area (Å²) in [6.07, 6.45) is 4.21.